The Morgan fingerprint density at radius 3 is 2.50 bits per heavy atom. The number of sulfonamides is 1. The lowest BCUT2D eigenvalue weighted by molar-refractivity contribution is -0.275. The molecule has 0 aromatic heterocycles. The molecule has 2 unspecified atom stereocenters. The van der Waals surface area contributed by atoms with Crippen molar-refractivity contribution in [3.05, 3.63) is 36.4 Å². The van der Waals surface area contributed by atoms with Crippen molar-refractivity contribution in [1.29, 1.82) is 0 Å². The highest BCUT2D eigenvalue weighted by atomic mass is 32.2. The molecule has 198 valence electrons. The second-order valence-corrected chi connectivity index (χ2v) is 13.1. The Kier molecular flexibility index (Phi) is 6.02. The van der Waals surface area contributed by atoms with Crippen LogP contribution in [0.2, 0.25) is 0 Å². The summed E-state index contributed by atoms with van der Waals surface area (Å²) >= 11 is 0. The number of nitrogens with zero attached hydrogens (tertiary/aromatic N) is 1. The molecular formula is C26H33F3N2O4S. The summed E-state index contributed by atoms with van der Waals surface area (Å²) in [6, 6.07) is 4.66. The number of hydrogen-bond acceptors (Lipinski definition) is 4. The Balaban J connectivity index is 1.39. The average Bonchev–Trinajstić information content (AvgIpc) is 3.11. The average molecular weight is 527 g/mol. The van der Waals surface area contributed by atoms with E-state index >= 15 is 0 Å². The van der Waals surface area contributed by atoms with Gasteiger partial charge in [-0.05, 0) is 79.9 Å². The molecule has 0 radical (unpaired) electrons. The van der Waals surface area contributed by atoms with Crippen LogP contribution in [-0.4, -0.2) is 44.7 Å². The van der Waals surface area contributed by atoms with Gasteiger partial charge in [-0.1, -0.05) is 32.1 Å². The summed E-state index contributed by atoms with van der Waals surface area (Å²) in [6.45, 7) is 4.39. The Morgan fingerprint density at radius 2 is 1.78 bits per heavy atom. The fourth-order valence-corrected chi connectivity index (χ4v) is 9.58. The summed E-state index contributed by atoms with van der Waals surface area (Å²) in [7, 11) is -2.36. The van der Waals surface area contributed by atoms with Gasteiger partial charge < -0.3 is 9.64 Å². The van der Waals surface area contributed by atoms with Crippen LogP contribution in [0.1, 0.15) is 52.4 Å². The smallest absolute Gasteiger partial charge is 0.404 e. The Labute approximate surface area is 210 Å². The molecule has 0 spiro atoms. The zero-order chi connectivity index (χ0) is 26.1. The van der Waals surface area contributed by atoms with Gasteiger partial charge in [-0.2, -0.15) is 0 Å². The van der Waals surface area contributed by atoms with E-state index in [0.29, 0.717) is 24.2 Å². The Hall–Kier alpha value is -2.07. The number of fused-ring (bicyclic) bond motifs is 5. The van der Waals surface area contributed by atoms with E-state index in [9.17, 15) is 26.4 Å². The molecule has 0 bridgehead atoms. The third-order valence-corrected chi connectivity index (χ3v) is 11.3. The van der Waals surface area contributed by atoms with Crippen LogP contribution in [0, 0.1) is 28.6 Å². The highest BCUT2D eigenvalue weighted by Crippen LogP contribution is 2.64. The summed E-state index contributed by atoms with van der Waals surface area (Å²) in [5.74, 6) is 0.431. The van der Waals surface area contributed by atoms with Gasteiger partial charge in [0, 0.05) is 24.5 Å². The van der Waals surface area contributed by atoms with E-state index in [1.165, 1.54) is 12.1 Å². The maximum absolute atomic E-state index is 13.3. The molecule has 36 heavy (non-hydrogen) atoms. The van der Waals surface area contributed by atoms with Gasteiger partial charge >= 0.3 is 6.36 Å². The second-order valence-electron chi connectivity index (χ2n) is 11.4. The van der Waals surface area contributed by atoms with Crippen LogP contribution in [0.3, 0.4) is 0 Å². The molecular weight excluding hydrogens is 493 g/mol. The standard InChI is InChI=1S/C26H33F3N2O4S/c1-24-14-12-18-16(8-11-22-25(18,2)15-13-23(32)31(22)3)17(24)9-10-21(24)30-36(33,34)20-7-5-4-6-19(20)35-26(27,28)29/h4-7,13,15-18,21-22,30H,8-12,14H2,1-3H3/t16-,17-,18+,21?,22?,24-,25+/m0/s1. The van der Waals surface area contributed by atoms with Crippen molar-refractivity contribution in [3.8, 4) is 5.75 Å². The number of nitrogens with one attached hydrogen (secondary N) is 1. The first-order chi connectivity index (χ1) is 16.8. The van der Waals surface area contributed by atoms with Crippen LogP contribution < -0.4 is 9.46 Å². The first kappa shape index (κ1) is 25.6. The van der Waals surface area contributed by atoms with Gasteiger partial charge in [-0.3, -0.25) is 4.79 Å². The highest BCUT2D eigenvalue weighted by molar-refractivity contribution is 7.89. The summed E-state index contributed by atoms with van der Waals surface area (Å²) in [6.07, 6.45) is 3.95. The highest BCUT2D eigenvalue weighted by Gasteiger charge is 2.60. The molecule has 3 aliphatic carbocycles. The Bertz CT molecular complexity index is 1190. The molecule has 0 saturated heterocycles. The number of para-hydroxylation sites is 1. The number of hydrogen-bond donors (Lipinski definition) is 1. The van der Waals surface area contributed by atoms with Crippen molar-refractivity contribution in [3.63, 3.8) is 0 Å². The second kappa shape index (κ2) is 8.48. The first-order valence-corrected chi connectivity index (χ1v) is 14.1. The zero-order valence-corrected chi connectivity index (χ0v) is 21.5. The number of ether oxygens (including phenoxy) is 1. The fourth-order valence-electron chi connectivity index (χ4n) is 8.06. The third kappa shape index (κ3) is 4.04. The van der Waals surface area contributed by atoms with Gasteiger partial charge in [0.05, 0.1) is 0 Å². The number of alkyl halides is 3. The summed E-state index contributed by atoms with van der Waals surface area (Å²) in [4.78, 5) is 13.6. The number of benzene rings is 1. The van der Waals surface area contributed by atoms with Gasteiger partial charge in [0.25, 0.3) is 0 Å². The van der Waals surface area contributed by atoms with E-state index in [4.69, 9.17) is 0 Å². The van der Waals surface area contributed by atoms with Crippen molar-refractivity contribution in [2.75, 3.05) is 7.05 Å². The number of amides is 1. The SMILES string of the molecule is CN1C(=O)C=C[C@@]2(C)C1CC[C@@H]1[C@H]2CC[C@]2(C)C(NS(=O)(=O)c3ccccc3OC(F)(F)F)CC[C@@H]12. The molecule has 1 heterocycles. The number of halogens is 3. The van der Waals surface area contributed by atoms with Gasteiger partial charge in [-0.25, -0.2) is 13.1 Å². The number of likely N-dealkylation sites (N-methyl/N-ethyl adjacent to an activating group) is 1. The van der Waals surface area contributed by atoms with Gasteiger partial charge in [0.1, 0.15) is 10.6 Å². The minimum atomic E-state index is -4.99. The molecule has 1 aromatic carbocycles. The normalized spacial score (nSPS) is 38.3. The number of carbonyl (C=O) groups is 1. The van der Waals surface area contributed by atoms with E-state index in [-0.39, 0.29) is 28.8 Å². The van der Waals surface area contributed by atoms with Gasteiger partial charge in [0.2, 0.25) is 15.9 Å². The van der Waals surface area contributed by atoms with E-state index in [1.807, 2.05) is 11.9 Å². The molecule has 3 saturated carbocycles. The lowest BCUT2D eigenvalue weighted by Gasteiger charge is -2.60. The molecule has 3 fully saturated rings. The van der Waals surface area contributed by atoms with E-state index in [2.05, 4.69) is 29.4 Å². The molecule has 4 aliphatic rings. The van der Waals surface area contributed by atoms with Crippen LogP contribution in [0.5, 0.6) is 5.75 Å². The summed E-state index contributed by atoms with van der Waals surface area (Å²) in [5.41, 5.74) is -0.407. The van der Waals surface area contributed by atoms with Crippen molar-refractivity contribution in [2.24, 2.45) is 28.6 Å². The lowest BCUT2D eigenvalue weighted by atomic mass is 9.48. The topological polar surface area (TPSA) is 75.7 Å². The van der Waals surface area contributed by atoms with Crippen LogP contribution in [0.4, 0.5) is 13.2 Å². The van der Waals surface area contributed by atoms with Crippen molar-refractivity contribution < 1.29 is 31.1 Å². The Morgan fingerprint density at radius 1 is 1.06 bits per heavy atom. The molecule has 1 aromatic rings. The van der Waals surface area contributed by atoms with Crippen molar-refractivity contribution in [2.45, 2.75) is 75.7 Å². The summed E-state index contributed by atoms with van der Waals surface area (Å²) in [5, 5.41) is 0. The van der Waals surface area contributed by atoms with Gasteiger partial charge in [-0.15, -0.1) is 13.2 Å². The molecule has 6 nitrogen and oxygen atoms in total. The fraction of sp³-hybridized carbons (Fsp3) is 0.654. The predicted octanol–water partition coefficient (Wildman–Crippen LogP) is 4.87. The quantitative estimate of drug-likeness (QED) is 0.607. The predicted molar refractivity (Wildman–Crippen MR) is 127 cm³/mol. The molecule has 1 aliphatic heterocycles. The third-order valence-electron chi connectivity index (χ3n) is 9.79. The minimum Gasteiger partial charge on any atom is -0.404 e. The first-order valence-electron chi connectivity index (χ1n) is 12.6. The summed E-state index contributed by atoms with van der Waals surface area (Å²) < 4.78 is 72.0. The van der Waals surface area contributed by atoms with E-state index in [0.717, 1.165) is 44.2 Å². The monoisotopic (exact) mass is 526 g/mol. The van der Waals surface area contributed by atoms with Crippen molar-refractivity contribution in [1.82, 2.24) is 9.62 Å². The van der Waals surface area contributed by atoms with Crippen LogP contribution in [0.15, 0.2) is 41.3 Å². The van der Waals surface area contributed by atoms with E-state index in [1.54, 1.807) is 6.08 Å². The van der Waals surface area contributed by atoms with Gasteiger partial charge in [0.15, 0.2) is 0 Å². The van der Waals surface area contributed by atoms with E-state index < -0.39 is 27.0 Å². The van der Waals surface area contributed by atoms with Crippen molar-refractivity contribution >= 4 is 15.9 Å². The molecule has 7 atom stereocenters. The lowest BCUT2D eigenvalue weighted by Crippen LogP contribution is -2.60. The molecule has 10 heteroatoms. The zero-order valence-electron chi connectivity index (χ0n) is 20.7. The minimum absolute atomic E-state index is 0.0432. The molecule has 5 rings (SSSR count). The van der Waals surface area contributed by atoms with Crippen LogP contribution in [-0.2, 0) is 14.8 Å². The largest absolute Gasteiger partial charge is 0.573 e. The van der Waals surface area contributed by atoms with Crippen LogP contribution in [0.25, 0.3) is 0 Å². The maximum Gasteiger partial charge on any atom is 0.573 e. The maximum atomic E-state index is 13.3. The molecule has 1 amide bonds. The molecule has 1 N–H and O–H groups in total. The van der Waals surface area contributed by atoms with Crippen LogP contribution >= 0.6 is 0 Å². The number of carbonyl (C=O) groups excluding carboxylic acids is 1. The number of rotatable bonds is 4.